The minimum atomic E-state index is -0.746. The monoisotopic (exact) mass is 474 g/mol. The van der Waals surface area contributed by atoms with E-state index in [-0.39, 0.29) is 13.0 Å². The molecule has 9 heteroatoms. The van der Waals surface area contributed by atoms with Gasteiger partial charge in [-0.2, -0.15) is 0 Å². The lowest BCUT2D eigenvalue weighted by atomic mass is 9.94. The van der Waals surface area contributed by atoms with Gasteiger partial charge < -0.3 is 9.47 Å². The molecule has 1 aliphatic rings. The number of halogens is 1. The van der Waals surface area contributed by atoms with Crippen molar-refractivity contribution in [2.75, 3.05) is 19.8 Å². The quantitative estimate of drug-likeness (QED) is 0.262. The Balaban J connectivity index is 1.77. The highest BCUT2D eigenvalue weighted by molar-refractivity contribution is 6.32. The van der Waals surface area contributed by atoms with E-state index >= 15 is 0 Å². The molecule has 0 N–H and O–H groups in total. The molecule has 0 radical (unpaired) electrons. The summed E-state index contributed by atoms with van der Waals surface area (Å²) in [5, 5.41) is 11.7. The molecule has 2 aromatic rings. The van der Waals surface area contributed by atoms with Crippen LogP contribution in [-0.4, -0.2) is 47.6 Å². The third-order valence-corrected chi connectivity index (χ3v) is 5.83. The SMILES string of the molecule is CCCCOc1cc([C@@H](CC(=O)N2C(=O)OC[C@H]2Cc2ccccc2)C[N+](=O)[O-])ccc1Cl. The summed E-state index contributed by atoms with van der Waals surface area (Å²) < 4.78 is 10.8. The van der Waals surface area contributed by atoms with Gasteiger partial charge in [0.15, 0.2) is 0 Å². The molecule has 1 aliphatic heterocycles. The Morgan fingerprint density at radius 3 is 2.76 bits per heavy atom. The van der Waals surface area contributed by atoms with E-state index in [4.69, 9.17) is 21.1 Å². The van der Waals surface area contributed by atoms with E-state index in [0.717, 1.165) is 23.3 Å². The van der Waals surface area contributed by atoms with E-state index < -0.39 is 35.4 Å². The Morgan fingerprint density at radius 2 is 2.06 bits per heavy atom. The summed E-state index contributed by atoms with van der Waals surface area (Å²) >= 11 is 6.21. The topological polar surface area (TPSA) is 99.0 Å². The smallest absolute Gasteiger partial charge is 0.416 e. The van der Waals surface area contributed by atoms with Gasteiger partial charge in [-0.1, -0.05) is 61.3 Å². The molecule has 0 aromatic heterocycles. The van der Waals surface area contributed by atoms with E-state index in [2.05, 4.69) is 0 Å². The predicted molar refractivity (Wildman–Crippen MR) is 123 cm³/mol. The molecule has 1 heterocycles. The highest BCUT2D eigenvalue weighted by Gasteiger charge is 2.39. The molecule has 0 unspecified atom stereocenters. The molecular formula is C24H27ClN2O6. The van der Waals surface area contributed by atoms with Crippen molar-refractivity contribution < 1.29 is 24.0 Å². The van der Waals surface area contributed by atoms with Crippen LogP contribution in [0.4, 0.5) is 4.79 Å². The summed E-state index contributed by atoms with van der Waals surface area (Å²) in [7, 11) is 0. The molecule has 8 nitrogen and oxygen atoms in total. The minimum absolute atomic E-state index is 0.0930. The van der Waals surface area contributed by atoms with Gasteiger partial charge in [0.25, 0.3) is 0 Å². The number of ether oxygens (including phenoxy) is 2. The van der Waals surface area contributed by atoms with Crippen LogP contribution >= 0.6 is 11.6 Å². The van der Waals surface area contributed by atoms with Crippen molar-refractivity contribution in [3.8, 4) is 5.75 Å². The van der Waals surface area contributed by atoms with Gasteiger partial charge in [0.1, 0.15) is 12.4 Å². The zero-order chi connectivity index (χ0) is 23.8. The molecule has 1 saturated heterocycles. The number of cyclic esters (lactones) is 1. The van der Waals surface area contributed by atoms with Gasteiger partial charge in [-0.3, -0.25) is 14.9 Å². The number of imide groups is 1. The van der Waals surface area contributed by atoms with E-state index in [9.17, 15) is 19.7 Å². The Hall–Kier alpha value is -3.13. The summed E-state index contributed by atoms with van der Waals surface area (Å²) in [5.41, 5.74) is 1.52. The Kier molecular flexibility index (Phi) is 8.65. The maximum Gasteiger partial charge on any atom is 0.416 e. The first-order valence-electron chi connectivity index (χ1n) is 11.0. The van der Waals surface area contributed by atoms with Crippen LogP contribution in [-0.2, 0) is 16.0 Å². The fraction of sp³-hybridized carbons (Fsp3) is 0.417. The van der Waals surface area contributed by atoms with E-state index in [1.807, 2.05) is 37.3 Å². The number of nitro groups is 1. The Labute approximate surface area is 197 Å². The summed E-state index contributed by atoms with van der Waals surface area (Å²) in [6.07, 6.45) is 1.31. The average molecular weight is 475 g/mol. The van der Waals surface area contributed by atoms with Crippen LogP contribution in [0.5, 0.6) is 5.75 Å². The fourth-order valence-corrected chi connectivity index (χ4v) is 3.96. The Morgan fingerprint density at radius 1 is 1.30 bits per heavy atom. The van der Waals surface area contributed by atoms with Crippen molar-refractivity contribution in [3.05, 3.63) is 74.8 Å². The highest BCUT2D eigenvalue weighted by Crippen LogP contribution is 2.32. The third-order valence-electron chi connectivity index (χ3n) is 5.52. The molecule has 176 valence electrons. The molecule has 2 amide bonds. The number of nitrogens with zero attached hydrogens (tertiary/aromatic N) is 2. The number of rotatable bonds is 11. The average Bonchev–Trinajstić information content (AvgIpc) is 3.15. The van der Waals surface area contributed by atoms with Crippen LogP contribution in [0.3, 0.4) is 0 Å². The lowest BCUT2D eigenvalue weighted by Gasteiger charge is -2.22. The standard InChI is InChI=1S/C24H27ClN2O6/c1-2-3-11-32-22-13-18(9-10-21(22)25)19(15-26(30)31)14-23(28)27-20(16-33-24(27)29)12-17-7-5-4-6-8-17/h4-10,13,19-20H,2-3,11-12,14-16H2,1H3/t19-,20+/m0/s1. The van der Waals surface area contributed by atoms with Crippen LogP contribution in [0.15, 0.2) is 48.5 Å². The Bertz CT molecular complexity index is 984. The van der Waals surface area contributed by atoms with E-state index in [1.54, 1.807) is 18.2 Å². The second-order valence-electron chi connectivity index (χ2n) is 7.99. The lowest BCUT2D eigenvalue weighted by Crippen LogP contribution is -2.41. The predicted octanol–water partition coefficient (Wildman–Crippen LogP) is 4.86. The van der Waals surface area contributed by atoms with Crippen LogP contribution in [0.25, 0.3) is 0 Å². The second-order valence-corrected chi connectivity index (χ2v) is 8.40. The summed E-state index contributed by atoms with van der Waals surface area (Å²) in [5.74, 6) is -0.830. The van der Waals surface area contributed by atoms with Crippen molar-refractivity contribution in [2.45, 2.75) is 44.6 Å². The van der Waals surface area contributed by atoms with Gasteiger partial charge in [0, 0.05) is 11.3 Å². The van der Waals surface area contributed by atoms with Crippen LogP contribution < -0.4 is 4.74 Å². The minimum Gasteiger partial charge on any atom is -0.492 e. The van der Waals surface area contributed by atoms with Crippen molar-refractivity contribution in [2.24, 2.45) is 0 Å². The molecular weight excluding hydrogens is 448 g/mol. The zero-order valence-electron chi connectivity index (χ0n) is 18.4. The maximum absolute atomic E-state index is 13.1. The number of amides is 2. The van der Waals surface area contributed by atoms with Gasteiger partial charge in [0.2, 0.25) is 12.5 Å². The normalized spacial score (nSPS) is 16.4. The number of unbranched alkanes of at least 4 members (excludes halogenated alkanes) is 1. The summed E-state index contributed by atoms with van der Waals surface area (Å²) in [6, 6.07) is 13.9. The van der Waals surface area contributed by atoms with E-state index in [0.29, 0.717) is 29.4 Å². The van der Waals surface area contributed by atoms with Crippen molar-refractivity contribution in [1.82, 2.24) is 4.90 Å². The van der Waals surface area contributed by atoms with Gasteiger partial charge in [0.05, 0.1) is 23.6 Å². The summed E-state index contributed by atoms with van der Waals surface area (Å²) in [6.45, 7) is 2.14. The molecule has 3 rings (SSSR count). The van der Waals surface area contributed by atoms with E-state index in [1.165, 1.54) is 0 Å². The lowest BCUT2D eigenvalue weighted by molar-refractivity contribution is -0.483. The van der Waals surface area contributed by atoms with Crippen LogP contribution in [0.2, 0.25) is 5.02 Å². The summed E-state index contributed by atoms with van der Waals surface area (Å²) in [4.78, 5) is 37.4. The number of carbonyl (C=O) groups is 2. The van der Waals surface area contributed by atoms with Crippen molar-refractivity contribution in [3.63, 3.8) is 0 Å². The molecule has 0 spiro atoms. The highest BCUT2D eigenvalue weighted by atomic mass is 35.5. The molecule has 33 heavy (non-hydrogen) atoms. The number of hydrogen-bond acceptors (Lipinski definition) is 6. The zero-order valence-corrected chi connectivity index (χ0v) is 19.2. The largest absolute Gasteiger partial charge is 0.492 e. The number of hydrogen-bond donors (Lipinski definition) is 0. The molecule has 1 fully saturated rings. The van der Waals surface area contributed by atoms with Gasteiger partial charge >= 0.3 is 6.09 Å². The second kappa shape index (κ2) is 11.7. The third kappa shape index (κ3) is 6.68. The van der Waals surface area contributed by atoms with Gasteiger partial charge in [-0.15, -0.1) is 0 Å². The molecule has 0 saturated carbocycles. The van der Waals surface area contributed by atoms with Crippen molar-refractivity contribution in [1.29, 1.82) is 0 Å². The number of benzene rings is 2. The fourth-order valence-electron chi connectivity index (χ4n) is 3.79. The molecule has 2 atom stereocenters. The van der Waals surface area contributed by atoms with Crippen LogP contribution in [0.1, 0.15) is 43.2 Å². The molecule has 2 aromatic carbocycles. The first-order chi connectivity index (χ1) is 15.9. The van der Waals surface area contributed by atoms with Gasteiger partial charge in [-0.05, 0) is 36.1 Å². The number of carbonyl (C=O) groups excluding carboxylic acids is 2. The first kappa shape index (κ1) is 24.5. The molecule has 0 bridgehead atoms. The molecule has 0 aliphatic carbocycles. The van der Waals surface area contributed by atoms with Gasteiger partial charge in [-0.25, -0.2) is 9.69 Å². The first-order valence-corrected chi connectivity index (χ1v) is 11.3. The van der Waals surface area contributed by atoms with Crippen LogP contribution in [0, 0.1) is 10.1 Å². The van der Waals surface area contributed by atoms with Crippen molar-refractivity contribution >= 4 is 23.6 Å². The maximum atomic E-state index is 13.1.